The minimum Gasteiger partial charge on any atom is -0.507 e. The third kappa shape index (κ3) is 3.63. The summed E-state index contributed by atoms with van der Waals surface area (Å²) in [6.07, 6.45) is 16.1. The summed E-state index contributed by atoms with van der Waals surface area (Å²) in [5, 5.41) is 22.7. The van der Waals surface area contributed by atoms with Crippen molar-refractivity contribution in [2.75, 3.05) is 0 Å². The van der Waals surface area contributed by atoms with Crippen molar-refractivity contribution in [2.45, 2.75) is 50.6 Å². The van der Waals surface area contributed by atoms with Gasteiger partial charge in [-0.25, -0.2) is 15.0 Å². The first-order valence-corrected chi connectivity index (χ1v) is 9.93. The molecule has 2 atom stereocenters. The summed E-state index contributed by atoms with van der Waals surface area (Å²) in [5.41, 5.74) is 2.55. The molecule has 5 heterocycles. The maximum Gasteiger partial charge on any atom is 0.174 e. The van der Waals surface area contributed by atoms with E-state index in [1.54, 1.807) is 41.7 Å². The number of piperidine rings is 2. The first-order chi connectivity index (χ1) is 14.1. The fourth-order valence-electron chi connectivity index (χ4n) is 4.49. The molecular formula is C21H23N7O. The molecule has 0 radical (unpaired) electrons. The van der Waals surface area contributed by atoms with Gasteiger partial charge in [0.2, 0.25) is 0 Å². The minimum absolute atomic E-state index is 0.0741. The molecule has 0 saturated carbocycles. The molecule has 0 spiro atoms. The quantitative estimate of drug-likeness (QED) is 0.710. The normalized spacial score (nSPS) is 25.3. The van der Waals surface area contributed by atoms with E-state index >= 15 is 0 Å². The number of hydrogen-bond donors (Lipinski definition) is 2. The minimum atomic E-state index is 0.0741. The molecule has 148 valence electrons. The van der Waals surface area contributed by atoms with E-state index in [4.69, 9.17) is 0 Å². The number of fused-ring (bicyclic) bond motifs is 2. The SMILES string of the molecule is C[C@@]12CCC[C@@H](C/C(=C\c3ncc(-c4cnc(-n5ccnc5)cc4O)nn3)C1)N2. The molecule has 0 unspecified atom stereocenters. The van der Waals surface area contributed by atoms with E-state index in [0.29, 0.717) is 28.9 Å². The van der Waals surface area contributed by atoms with Crippen molar-refractivity contribution in [1.82, 2.24) is 35.0 Å². The third-order valence-electron chi connectivity index (χ3n) is 5.78. The monoisotopic (exact) mass is 389 g/mol. The predicted molar refractivity (Wildman–Crippen MR) is 108 cm³/mol. The van der Waals surface area contributed by atoms with Crippen molar-refractivity contribution in [1.29, 1.82) is 0 Å². The number of aromatic nitrogens is 6. The average molecular weight is 389 g/mol. The molecule has 0 aromatic carbocycles. The van der Waals surface area contributed by atoms with Crippen molar-refractivity contribution in [2.24, 2.45) is 0 Å². The highest BCUT2D eigenvalue weighted by atomic mass is 16.3. The van der Waals surface area contributed by atoms with Gasteiger partial charge in [0.25, 0.3) is 0 Å². The molecule has 2 aliphatic heterocycles. The van der Waals surface area contributed by atoms with Crippen LogP contribution in [0.1, 0.15) is 44.9 Å². The van der Waals surface area contributed by atoms with Crippen molar-refractivity contribution in [3.63, 3.8) is 0 Å². The van der Waals surface area contributed by atoms with E-state index < -0.39 is 0 Å². The Labute approximate surface area is 168 Å². The number of aromatic hydroxyl groups is 1. The van der Waals surface area contributed by atoms with Gasteiger partial charge in [0.05, 0.1) is 11.8 Å². The molecule has 2 N–H and O–H groups in total. The lowest BCUT2D eigenvalue weighted by molar-refractivity contribution is 0.192. The fourth-order valence-corrected chi connectivity index (χ4v) is 4.49. The molecule has 8 nitrogen and oxygen atoms in total. The number of rotatable bonds is 3. The maximum atomic E-state index is 10.4. The van der Waals surface area contributed by atoms with Crippen molar-refractivity contribution < 1.29 is 5.11 Å². The lowest BCUT2D eigenvalue weighted by Gasteiger charge is -2.45. The molecule has 8 heteroatoms. The summed E-state index contributed by atoms with van der Waals surface area (Å²) >= 11 is 0. The summed E-state index contributed by atoms with van der Waals surface area (Å²) in [4.78, 5) is 12.8. The number of nitrogens with one attached hydrogen (secondary N) is 1. The largest absolute Gasteiger partial charge is 0.507 e. The van der Waals surface area contributed by atoms with Gasteiger partial charge in [0.15, 0.2) is 5.82 Å². The highest BCUT2D eigenvalue weighted by Crippen LogP contribution is 2.37. The second-order valence-corrected chi connectivity index (χ2v) is 8.21. The van der Waals surface area contributed by atoms with E-state index in [2.05, 4.69) is 43.5 Å². The Morgan fingerprint density at radius 2 is 2.21 bits per heavy atom. The van der Waals surface area contributed by atoms with E-state index in [9.17, 15) is 5.11 Å². The fraction of sp³-hybridized carbons (Fsp3) is 0.381. The molecule has 0 aliphatic carbocycles. The molecule has 3 aromatic heterocycles. The van der Waals surface area contributed by atoms with Crippen LogP contribution in [0.3, 0.4) is 0 Å². The van der Waals surface area contributed by atoms with Crippen molar-refractivity contribution >= 4 is 6.08 Å². The van der Waals surface area contributed by atoms with Crippen LogP contribution in [-0.2, 0) is 0 Å². The first kappa shape index (κ1) is 17.9. The van der Waals surface area contributed by atoms with Crippen LogP contribution in [0.4, 0.5) is 0 Å². The number of imidazole rings is 1. The van der Waals surface area contributed by atoms with E-state index in [1.165, 1.54) is 24.8 Å². The zero-order chi connectivity index (χ0) is 19.8. The van der Waals surface area contributed by atoms with Gasteiger partial charge in [-0.2, -0.15) is 0 Å². The summed E-state index contributed by atoms with van der Waals surface area (Å²) in [6, 6.07) is 2.13. The Kier molecular flexibility index (Phi) is 4.35. The number of hydrogen-bond acceptors (Lipinski definition) is 7. The van der Waals surface area contributed by atoms with Gasteiger partial charge in [-0.15, -0.1) is 10.2 Å². The average Bonchev–Trinajstić information content (AvgIpc) is 3.23. The van der Waals surface area contributed by atoms with Crippen molar-refractivity contribution in [3.8, 4) is 22.8 Å². The Morgan fingerprint density at radius 1 is 1.28 bits per heavy atom. The highest BCUT2D eigenvalue weighted by Gasteiger charge is 2.36. The number of nitrogens with zero attached hydrogens (tertiary/aromatic N) is 6. The van der Waals surface area contributed by atoms with Gasteiger partial charge in [-0.05, 0) is 38.7 Å². The Hall–Kier alpha value is -3.13. The Morgan fingerprint density at radius 3 is 2.93 bits per heavy atom. The molecule has 2 bridgehead atoms. The molecular weight excluding hydrogens is 366 g/mol. The van der Waals surface area contributed by atoms with Crippen LogP contribution < -0.4 is 5.32 Å². The van der Waals surface area contributed by atoms with Gasteiger partial charge in [-0.3, -0.25) is 4.57 Å². The lowest BCUT2D eigenvalue weighted by atomic mass is 9.75. The molecule has 0 amide bonds. The van der Waals surface area contributed by atoms with Crippen LogP contribution >= 0.6 is 0 Å². The van der Waals surface area contributed by atoms with Gasteiger partial charge in [0, 0.05) is 36.2 Å². The van der Waals surface area contributed by atoms with Crippen molar-refractivity contribution in [3.05, 3.63) is 48.6 Å². The second kappa shape index (κ2) is 7.04. The standard InChI is InChI=1S/C21H23N7O/c1-21-4-2-3-15(25-21)7-14(10-21)8-19-23-12-17(26-27-19)16-11-24-20(9-18(16)29)28-6-5-22-13-28/h5-6,8-9,11-13,15,25H,2-4,7,10H2,1H3,(H,24,29)/b14-8+/t15-,21+/m0/s1. The van der Waals surface area contributed by atoms with Crippen LogP contribution in [0.25, 0.3) is 23.2 Å². The molecule has 2 fully saturated rings. The van der Waals surface area contributed by atoms with E-state index in [1.807, 2.05) is 0 Å². The van der Waals surface area contributed by atoms with Crippen LogP contribution in [0.5, 0.6) is 5.75 Å². The Balaban J connectivity index is 1.37. The highest BCUT2D eigenvalue weighted by molar-refractivity contribution is 5.66. The predicted octanol–water partition coefficient (Wildman–Crippen LogP) is 2.90. The van der Waals surface area contributed by atoms with E-state index in [-0.39, 0.29) is 11.3 Å². The molecule has 3 aromatic rings. The summed E-state index contributed by atoms with van der Waals surface area (Å²) in [5.74, 6) is 1.26. The van der Waals surface area contributed by atoms with Gasteiger partial charge >= 0.3 is 0 Å². The van der Waals surface area contributed by atoms with Crippen LogP contribution in [0.15, 0.2) is 42.8 Å². The summed E-state index contributed by atoms with van der Waals surface area (Å²) in [6.45, 7) is 2.30. The molecule has 29 heavy (non-hydrogen) atoms. The Bertz CT molecular complexity index is 1050. The van der Waals surface area contributed by atoms with Crippen LogP contribution in [-0.4, -0.2) is 46.4 Å². The molecule has 2 saturated heterocycles. The zero-order valence-corrected chi connectivity index (χ0v) is 16.3. The van der Waals surface area contributed by atoms with Gasteiger partial charge in [-0.1, -0.05) is 12.0 Å². The lowest BCUT2D eigenvalue weighted by Crippen LogP contribution is -2.55. The topological polar surface area (TPSA) is 102 Å². The number of pyridine rings is 1. The third-order valence-corrected chi connectivity index (χ3v) is 5.78. The molecule has 5 rings (SSSR count). The van der Waals surface area contributed by atoms with E-state index in [0.717, 1.165) is 12.8 Å². The summed E-state index contributed by atoms with van der Waals surface area (Å²) in [7, 11) is 0. The zero-order valence-electron chi connectivity index (χ0n) is 16.3. The molecule has 2 aliphatic rings. The first-order valence-electron chi connectivity index (χ1n) is 9.93. The van der Waals surface area contributed by atoms with Crippen LogP contribution in [0, 0.1) is 0 Å². The smallest absolute Gasteiger partial charge is 0.174 e. The van der Waals surface area contributed by atoms with Gasteiger partial charge < -0.3 is 10.4 Å². The van der Waals surface area contributed by atoms with Gasteiger partial charge in [0.1, 0.15) is 23.6 Å². The van der Waals surface area contributed by atoms with Crippen LogP contribution in [0.2, 0.25) is 0 Å². The second-order valence-electron chi connectivity index (χ2n) is 8.21. The maximum absolute atomic E-state index is 10.4. The summed E-state index contributed by atoms with van der Waals surface area (Å²) < 4.78 is 1.72.